The number of hydrogen-bond donors (Lipinski definition) is 3. The van der Waals surface area contributed by atoms with Gasteiger partial charge in [-0.15, -0.1) is 0 Å². The van der Waals surface area contributed by atoms with Crippen molar-refractivity contribution in [2.24, 2.45) is 11.7 Å². The summed E-state index contributed by atoms with van der Waals surface area (Å²) in [7, 11) is 1.56. The molecule has 0 saturated carbocycles. The monoisotopic (exact) mass is 348 g/mol. The molecular formula is C18H28N4O3. The summed E-state index contributed by atoms with van der Waals surface area (Å²) in [4.78, 5) is 25.9. The Balaban J connectivity index is 1.84. The van der Waals surface area contributed by atoms with Crippen molar-refractivity contribution in [3.05, 3.63) is 35.9 Å². The summed E-state index contributed by atoms with van der Waals surface area (Å²) in [5.74, 6) is 0.312. The fraction of sp³-hybridized carbons (Fsp3) is 0.556. The fourth-order valence-corrected chi connectivity index (χ4v) is 3.33. The number of nitrogens with two attached hydrogens (primary N) is 1. The third-order valence-electron chi connectivity index (χ3n) is 4.46. The molecule has 1 aromatic rings. The van der Waals surface area contributed by atoms with Crippen LogP contribution in [0, 0.1) is 5.92 Å². The Bertz CT molecular complexity index is 567. The molecule has 4 N–H and O–H groups in total. The van der Waals surface area contributed by atoms with Gasteiger partial charge < -0.3 is 15.8 Å². The summed E-state index contributed by atoms with van der Waals surface area (Å²) in [6.07, 6.45) is 0. The number of benzene rings is 1. The van der Waals surface area contributed by atoms with Crippen molar-refractivity contribution in [1.82, 2.24) is 15.5 Å². The second kappa shape index (κ2) is 9.50. The van der Waals surface area contributed by atoms with E-state index in [1.54, 1.807) is 7.11 Å². The Hall–Kier alpha value is -1.96. The first-order valence-electron chi connectivity index (χ1n) is 8.60. The highest BCUT2D eigenvalue weighted by atomic mass is 16.5. The number of carbonyl (C=O) groups is 2. The Labute approximate surface area is 148 Å². The van der Waals surface area contributed by atoms with Crippen LogP contribution >= 0.6 is 0 Å². The molecular weight excluding hydrogens is 320 g/mol. The van der Waals surface area contributed by atoms with Crippen molar-refractivity contribution in [2.75, 3.05) is 39.9 Å². The maximum atomic E-state index is 12.1. The summed E-state index contributed by atoms with van der Waals surface area (Å²) in [5.41, 5.74) is 7.16. The molecule has 1 unspecified atom stereocenters. The Kier molecular flexibility index (Phi) is 7.36. The van der Waals surface area contributed by atoms with Crippen molar-refractivity contribution in [3.63, 3.8) is 0 Å². The zero-order chi connectivity index (χ0) is 18.2. The molecule has 0 bridgehead atoms. The predicted molar refractivity (Wildman–Crippen MR) is 96.2 cm³/mol. The summed E-state index contributed by atoms with van der Waals surface area (Å²) in [5, 5.41) is 5.02. The highest BCUT2D eigenvalue weighted by Crippen LogP contribution is 2.31. The zero-order valence-electron chi connectivity index (χ0n) is 14.9. The van der Waals surface area contributed by atoms with Gasteiger partial charge in [-0.05, 0) is 24.9 Å². The number of urea groups is 1. The number of ether oxygens (including phenoxy) is 1. The van der Waals surface area contributed by atoms with Gasteiger partial charge in [0.2, 0.25) is 5.91 Å². The molecule has 0 aromatic heterocycles. The van der Waals surface area contributed by atoms with Crippen LogP contribution in [0.3, 0.4) is 0 Å². The van der Waals surface area contributed by atoms with Crippen molar-refractivity contribution >= 4 is 11.9 Å². The summed E-state index contributed by atoms with van der Waals surface area (Å²) < 4.78 is 4.95. The fourth-order valence-electron chi connectivity index (χ4n) is 3.33. The van der Waals surface area contributed by atoms with Gasteiger partial charge in [0, 0.05) is 26.1 Å². The highest BCUT2D eigenvalue weighted by molar-refractivity contribution is 5.95. The van der Waals surface area contributed by atoms with Crippen LogP contribution in [0.2, 0.25) is 0 Å². The topological polar surface area (TPSA) is 96.7 Å². The molecule has 1 aliphatic rings. The van der Waals surface area contributed by atoms with Gasteiger partial charge in [0.15, 0.2) is 0 Å². The van der Waals surface area contributed by atoms with Crippen LogP contribution < -0.4 is 16.4 Å². The lowest BCUT2D eigenvalue weighted by atomic mass is 9.89. The molecule has 3 atom stereocenters. The molecule has 0 radical (unpaired) electrons. The van der Waals surface area contributed by atoms with Crippen molar-refractivity contribution < 1.29 is 14.3 Å². The molecule has 0 aliphatic carbocycles. The number of imide groups is 1. The number of likely N-dealkylation sites (tertiary alicyclic amines) is 1. The smallest absolute Gasteiger partial charge is 0.321 e. The van der Waals surface area contributed by atoms with E-state index in [9.17, 15) is 9.59 Å². The minimum Gasteiger partial charge on any atom is -0.383 e. The second-order valence-corrected chi connectivity index (χ2v) is 6.59. The van der Waals surface area contributed by atoms with Crippen molar-refractivity contribution in [3.8, 4) is 0 Å². The van der Waals surface area contributed by atoms with E-state index in [4.69, 9.17) is 10.5 Å². The molecule has 1 aromatic carbocycles. The minimum absolute atomic E-state index is 0.159. The third-order valence-corrected chi connectivity index (χ3v) is 4.46. The normalized spacial score (nSPS) is 21.7. The average molecular weight is 348 g/mol. The van der Waals surface area contributed by atoms with E-state index < -0.39 is 6.03 Å². The number of carbonyl (C=O) groups excluding carboxylic acids is 2. The first-order valence-corrected chi connectivity index (χ1v) is 8.60. The Morgan fingerprint density at radius 2 is 2.04 bits per heavy atom. The maximum absolute atomic E-state index is 12.1. The van der Waals surface area contributed by atoms with Crippen LogP contribution in [-0.4, -0.2) is 62.8 Å². The van der Waals surface area contributed by atoms with Gasteiger partial charge in [0.05, 0.1) is 19.2 Å². The highest BCUT2D eigenvalue weighted by Gasteiger charge is 2.33. The number of hydrogen-bond acceptors (Lipinski definition) is 5. The van der Waals surface area contributed by atoms with Crippen molar-refractivity contribution in [2.45, 2.75) is 18.9 Å². The van der Waals surface area contributed by atoms with Gasteiger partial charge in [0.25, 0.3) is 0 Å². The average Bonchev–Trinajstić information content (AvgIpc) is 2.98. The molecule has 1 saturated heterocycles. The summed E-state index contributed by atoms with van der Waals surface area (Å²) in [6.45, 7) is 4.49. The molecule has 1 heterocycles. The summed E-state index contributed by atoms with van der Waals surface area (Å²) >= 11 is 0. The van der Waals surface area contributed by atoms with E-state index in [0.717, 1.165) is 13.1 Å². The van der Waals surface area contributed by atoms with E-state index in [2.05, 4.69) is 27.7 Å². The van der Waals surface area contributed by atoms with Gasteiger partial charge in [-0.1, -0.05) is 30.3 Å². The molecule has 2 rings (SSSR count). The number of amides is 3. The molecule has 7 heteroatoms. The first kappa shape index (κ1) is 19.4. The Morgan fingerprint density at radius 3 is 2.68 bits per heavy atom. The van der Waals surface area contributed by atoms with Gasteiger partial charge in [-0.25, -0.2) is 4.79 Å². The first-order chi connectivity index (χ1) is 12.0. The zero-order valence-corrected chi connectivity index (χ0v) is 14.9. The van der Waals surface area contributed by atoms with E-state index in [1.165, 1.54) is 5.56 Å². The van der Waals surface area contributed by atoms with Crippen LogP contribution in [0.15, 0.2) is 30.3 Å². The van der Waals surface area contributed by atoms with Crippen LogP contribution in [0.4, 0.5) is 4.79 Å². The van der Waals surface area contributed by atoms with Crippen LogP contribution in [0.25, 0.3) is 0 Å². The minimum atomic E-state index is -0.497. The predicted octanol–water partition coefficient (Wildman–Crippen LogP) is 0.521. The molecule has 7 nitrogen and oxygen atoms in total. The third kappa shape index (κ3) is 5.81. The largest absolute Gasteiger partial charge is 0.383 e. The maximum Gasteiger partial charge on any atom is 0.321 e. The van der Waals surface area contributed by atoms with E-state index >= 15 is 0 Å². The lowest BCUT2D eigenvalue weighted by molar-refractivity contribution is -0.121. The summed E-state index contributed by atoms with van der Waals surface area (Å²) in [6, 6.07) is 9.57. The van der Waals surface area contributed by atoms with Gasteiger partial charge >= 0.3 is 6.03 Å². The SMILES string of the molecule is COCC(C)NC(=O)NC(=O)CN1C[C@@H](CN)[C@H](c2ccccc2)C1. The van der Waals surface area contributed by atoms with Crippen molar-refractivity contribution in [1.29, 1.82) is 0 Å². The van der Waals surface area contributed by atoms with Crippen LogP contribution in [0.1, 0.15) is 18.4 Å². The molecule has 1 fully saturated rings. The molecule has 0 spiro atoms. The van der Waals surface area contributed by atoms with Gasteiger partial charge in [-0.2, -0.15) is 0 Å². The number of methoxy groups -OCH3 is 1. The standard InChI is InChI=1S/C18H28N4O3/c1-13(12-25-2)20-18(24)21-17(23)11-22-9-15(8-19)16(10-22)14-6-4-3-5-7-14/h3-7,13,15-16H,8-12,19H2,1-2H3,(H2,20,21,23,24)/t13?,15-,16+/m1/s1. The molecule has 1 aliphatic heterocycles. The van der Waals surface area contributed by atoms with Crippen LogP contribution in [-0.2, 0) is 9.53 Å². The number of rotatable bonds is 7. The molecule has 138 valence electrons. The second-order valence-electron chi connectivity index (χ2n) is 6.59. The van der Waals surface area contributed by atoms with Gasteiger partial charge in [-0.3, -0.25) is 15.0 Å². The molecule has 25 heavy (non-hydrogen) atoms. The van der Waals surface area contributed by atoms with E-state index in [0.29, 0.717) is 25.0 Å². The van der Waals surface area contributed by atoms with Crippen LogP contribution in [0.5, 0.6) is 0 Å². The van der Waals surface area contributed by atoms with E-state index in [1.807, 2.05) is 25.1 Å². The quantitative estimate of drug-likeness (QED) is 0.668. The molecule has 3 amide bonds. The number of nitrogens with one attached hydrogen (secondary N) is 2. The van der Waals surface area contributed by atoms with E-state index in [-0.39, 0.29) is 18.5 Å². The Morgan fingerprint density at radius 1 is 1.32 bits per heavy atom. The number of nitrogens with zero attached hydrogens (tertiary/aromatic N) is 1. The lowest BCUT2D eigenvalue weighted by Crippen LogP contribution is -2.47. The lowest BCUT2D eigenvalue weighted by Gasteiger charge is -2.17. The van der Waals surface area contributed by atoms with Gasteiger partial charge in [0.1, 0.15) is 0 Å².